The summed E-state index contributed by atoms with van der Waals surface area (Å²) in [5.41, 5.74) is 3.30. The average Bonchev–Trinajstić information content (AvgIpc) is 3.38. The molecule has 4 aromatic rings. The van der Waals surface area contributed by atoms with Crippen LogP contribution in [0, 0.1) is 6.92 Å². The number of anilines is 2. The van der Waals surface area contributed by atoms with Gasteiger partial charge in [-0.3, -0.25) is 10.1 Å². The molecular formula is C26H25N5O3S2. The van der Waals surface area contributed by atoms with E-state index in [1.54, 1.807) is 47.4 Å². The molecule has 3 heterocycles. The lowest BCUT2D eigenvalue weighted by Crippen LogP contribution is -2.55. The molecule has 0 bridgehead atoms. The number of benzene rings is 2. The second-order valence-corrected chi connectivity index (χ2v) is 11.4. The van der Waals surface area contributed by atoms with Crippen molar-refractivity contribution in [1.29, 1.82) is 0 Å². The Bertz CT molecular complexity index is 1470. The van der Waals surface area contributed by atoms with Crippen molar-refractivity contribution in [2.75, 3.05) is 29.9 Å². The van der Waals surface area contributed by atoms with Gasteiger partial charge in [-0.15, -0.1) is 11.3 Å². The summed E-state index contributed by atoms with van der Waals surface area (Å²) in [7, 11) is -3.61. The topological polar surface area (TPSA) is 104 Å². The summed E-state index contributed by atoms with van der Waals surface area (Å²) >= 11 is 1.35. The second-order valence-electron chi connectivity index (χ2n) is 8.48. The Morgan fingerprint density at radius 2 is 1.94 bits per heavy atom. The number of hydrogen-bond acceptors (Lipinski definition) is 8. The van der Waals surface area contributed by atoms with Crippen LogP contribution in [-0.2, 0) is 9.84 Å². The number of nitrogens with zero attached hydrogens (tertiary/aromatic N) is 3. The lowest BCUT2D eigenvalue weighted by Gasteiger charge is -2.36. The Morgan fingerprint density at radius 3 is 2.69 bits per heavy atom. The minimum absolute atomic E-state index is 0.271. The van der Waals surface area contributed by atoms with E-state index in [-0.39, 0.29) is 17.3 Å². The monoisotopic (exact) mass is 519 g/mol. The van der Waals surface area contributed by atoms with Crippen LogP contribution in [0.3, 0.4) is 0 Å². The third kappa shape index (κ3) is 5.01. The van der Waals surface area contributed by atoms with Gasteiger partial charge in [-0.2, -0.15) is 0 Å². The molecule has 1 amide bonds. The van der Waals surface area contributed by atoms with Crippen LogP contribution in [0.5, 0.6) is 0 Å². The van der Waals surface area contributed by atoms with E-state index >= 15 is 0 Å². The minimum Gasteiger partial charge on any atom is -0.337 e. The highest BCUT2D eigenvalue weighted by molar-refractivity contribution is 7.92. The van der Waals surface area contributed by atoms with Crippen LogP contribution >= 0.6 is 11.3 Å². The molecule has 2 aromatic heterocycles. The summed E-state index contributed by atoms with van der Waals surface area (Å²) in [6.07, 6.45) is 1.47. The lowest BCUT2D eigenvalue weighted by atomic mass is 10.1. The third-order valence-corrected chi connectivity index (χ3v) is 8.79. The van der Waals surface area contributed by atoms with Crippen LogP contribution in [0.2, 0.25) is 0 Å². The van der Waals surface area contributed by atoms with Crippen molar-refractivity contribution in [3.05, 3.63) is 89.4 Å². The average molecular weight is 520 g/mol. The summed E-state index contributed by atoms with van der Waals surface area (Å²) < 4.78 is 26.6. The van der Waals surface area contributed by atoms with Crippen molar-refractivity contribution in [2.45, 2.75) is 17.2 Å². The molecule has 36 heavy (non-hydrogen) atoms. The Kier molecular flexibility index (Phi) is 6.82. The SMILES string of the molecule is Cc1cccc(-c2csc(NC(=O)c3ccc(N4CCNCC4S(=O)(=O)c4ccccc4)nc3)n2)c1. The Labute approximate surface area is 214 Å². The standard InChI is InChI=1S/C26H25N5O3S2/c1-18-6-5-7-19(14-18)22-17-35-26(29-22)30-25(32)20-10-11-23(28-15-20)31-13-12-27-16-24(31)36(33,34)21-8-3-2-4-9-21/h2-11,14-15,17,24,27H,12-13,16H2,1H3,(H,29,30,32). The molecule has 8 nitrogen and oxygen atoms in total. The summed E-state index contributed by atoms with van der Waals surface area (Å²) in [4.78, 5) is 23.8. The van der Waals surface area contributed by atoms with Gasteiger partial charge in [0.25, 0.3) is 5.91 Å². The van der Waals surface area contributed by atoms with Crippen LogP contribution in [0.25, 0.3) is 11.3 Å². The number of rotatable bonds is 6. The molecule has 0 radical (unpaired) electrons. The normalized spacial score (nSPS) is 16.0. The van der Waals surface area contributed by atoms with E-state index in [1.807, 2.05) is 36.6 Å². The molecule has 2 aromatic carbocycles. The number of thiazole rings is 1. The molecule has 1 atom stereocenters. The van der Waals surface area contributed by atoms with Crippen molar-refractivity contribution in [3.63, 3.8) is 0 Å². The molecule has 1 saturated heterocycles. The number of aromatic nitrogens is 2. The van der Waals surface area contributed by atoms with Gasteiger partial charge < -0.3 is 10.2 Å². The van der Waals surface area contributed by atoms with Gasteiger partial charge in [0, 0.05) is 36.8 Å². The zero-order valence-corrected chi connectivity index (χ0v) is 21.2. The predicted molar refractivity (Wildman–Crippen MR) is 142 cm³/mol. The van der Waals surface area contributed by atoms with Gasteiger partial charge in [-0.05, 0) is 37.3 Å². The van der Waals surface area contributed by atoms with Gasteiger partial charge in [0.2, 0.25) is 9.84 Å². The zero-order chi connectivity index (χ0) is 25.1. The highest BCUT2D eigenvalue weighted by Crippen LogP contribution is 2.27. The summed E-state index contributed by atoms with van der Waals surface area (Å²) in [6.45, 7) is 3.43. The van der Waals surface area contributed by atoms with Gasteiger partial charge in [0.1, 0.15) is 11.2 Å². The molecule has 1 fully saturated rings. The van der Waals surface area contributed by atoms with E-state index < -0.39 is 15.2 Å². The molecule has 1 aliphatic heterocycles. The fraction of sp³-hybridized carbons (Fsp3) is 0.192. The molecule has 1 unspecified atom stereocenters. The van der Waals surface area contributed by atoms with E-state index in [0.717, 1.165) is 16.8 Å². The number of hydrogen-bond donors (Lipinski definition) is 2. The molecule has 10 heteroatoms. The Hall–Kier alpha value is -3.60. The number of sulfone groups is 1. The quantitative estimate of drug-likeness (QED) is 0.397. The smallest absolute Gasteiger partial charge is 0.259 e. The van der Waals surface area contributed by atoms with Crippen LogP contribution in [0.4, 0.5) is 10.9 Å². The minimum atomic E-state index is -3.61. The van der Waals surface area contributed by atoms with Crippen molar-refractivity contribution >= 4 is 38.0 Å². The molecular weight excluding hydrogens is 494 g/mol. The van der Waals surface area contributed by atoms with Crippen LogP contribution < -0.4 is 15.5 Å². The predicted octanol–water partition coefficient (Wildman–Crippen LogP) is 3.98. The number of carbonyl (C=O) groups is 1. The van der Waals surface area contributed by atoms with E-state index in [2.05, 4.69) is 20.6 Å². The molecule has 2 N–H and O–H groups in total. The van der Waals surface area contributed by atoms with Gasteiger partial charge in [-0.25, -0.2) is 18.4 Å². The molecule has 0 aliphatic carbocycles. The van der Waals surface area contributed by atoms with Crippen molar-refractivity contribution < 1.29 is 13.2 Å². The van der Waals surface area contributed by atoms with Crippen LogP contribution in [0.1, 0.15) is 15.9 Å². The second kappa shape index (κ2) is 10.2. The first-order valence-corrected chi connectivity index (χ1v) is 13.9. The third-order valence-electron chi connectivity index (χ3n) is 5.97. The number of amides is 1. The lowest BCUT2D eigenvalue weighted by molar-refractivity contribution is 0.102. The largest absolute Gasteiger partial charge is 0.337 e. The maximum Gasteiger partial charge on any atom is 0.259 e. The van der Waals surface area contributed by atoms with Gasteiger partial charge in [-0.1, -0.05) is 42.0 Å². The molecule has 0 saturated carbocycles. The first-order valence-electron chi connectivity index (χ1n) is 11.5. The molecule has 0 spiro atoms. The van der Waals surface area contributed by atoms with E-state index in [4.69, 9.17) is 0 Å². The van der Waals surface area contributed by atoms with Crippen molar-refractivity contribution in [1.82, 2.24) is 15.3 Å². The van der Waals surface area contributed by atoms with E-state index in [1.165, 1.54) is 17.5 Å². The molecule has 5 rings (SSSR count). The highest BCUT2D eigenvalue weighted by Gasteiger charge is 2.35. The number of pyridine rings is 1. The number of nitrogens with one attached hydrogen (secondary N) is 2. The first-order chi connectivity index (χ1) is 17.4. The highest BCUT2D eigenvalue weighted by atomic mass is 32.2. The number of carbonyl (C=O) groups excluding carboxylic acids is 1. The number of piperazine rings is 1. The fourth-order valence-electron chi connectivity index (χ4n) is 4.11. The summed E-state index contributed by atoms with van der Waals surface area (Å²) in [6, 6.07) is 19.8. The maximum absolute atomic E-state index is 13.3. The first kappa shape index (κ1) is 24.1. The van der Waals surface area contributed by atoms with Gasteiger partial charge in [0.15, 0.2) is 5.13 Å². The van der Waals surface area contributed by atoms with E-state index in [9.17, 15) is 13.2 Å². The Balaban J connectivity index is 1.31. The molecule has 1 aliphatic rings. The van der Waals surface area contributed by atoms with Gasteiger partial charge >= 0.3 is 0 Å². The Morgan fingerprint density at radius 1 is 1.11 bits per heavy atom. The van der Waals surface area contributed by atoms with Gasteiger partial charge in [0.05, 0.1) is 16.2 Å². The zero-order valence-electron chi connectivity index (χ0n) is 19.6. The fourth-order valence-corrected chi connectivity index (χ4v) is 6.56. The van der Waals surface area contributed by atoms with Crippen molar-refractivity contribution in [2.24, 2.45) is 0 Å². The van der Waals surface area contributed by atoms with Crippen LogP contribution in [-0.4, -0.2) is 49.3 Å². The maximum atomic E-state index is 13.3. The van der Waals surface area contributed by atoms with Crippen molar-refractivity contribution in [3.8, 4) is 11.3 Å². The number of aryl methyl sites for hydroxylation is 1. The summed E-state index contributed by atoms with van der Waals surface area (Å²) in [5, 5.41) is 7.60. The van der Waals surface area contributed by atoms with Crippen LogP contribution in [0.15, 0.2) is 83.2 Å². The molecule has 184 valence electrons. The van der Waals surface area contributed by atoms with E-state index in [0.29, 0.717) is 29.6 Å². The summed E-state index contributed by atoms with van der Waals surface area (Å²) in [5.74, 6) is 0.182.